The van der Waals surface area contributed by atoms with Gasteiger partial charge in [0.2, 0.25) is 0 Å². The van der Waals surface area contributed by atoms with E-state index in [4.69, 9.17) is 16.3 Å². The molecule has 0 radical (unpaired) electrons. The average molecular weight is 371 g/mol. The number of nitrogens with zero attached hydrogens (tertiary/aromatic N) is 1. The number of halogens is 5. The van der Waals surface area contributed by atoms with Crippen LogP contribution < -0.4 is 4.74 Å². The number of aromatic nitrogens is 1. The molecule has 0 spiro atoms. The van der Waals surface area contributed by atoms with E-state index in [-0.39, 0.29) is 11.6 Å². The standard InChI is InChI=1S/C11H4BrClF3NOS/c12-10-17-7-3-18-8-2-6(13)5(11(14,15)16)1-4(8)9(7)19-10/h1-2H,3H2. The van der Waals surface area contributed by atoms with Crippen molar-refractivity contribution in [3.05, 3.63) is 32.3 Å². The summed E-state index contributed by atoms with van der Waals surface area (Å²) in [6, 6.07) is 2.22. The SMILES string of the molecule is FC(F)(F)c1cc2c(cc1Cl)OCc1nc(Br)sc1-2. The van der Waals surface area contributed by atoms with Gasteiger partial charge in [0.1, 0.15) is 12.4 Å². The fraction of sp³-hybridized carbons (Fsp3) is 0.182. The van der Waals surface area contributed by atoms with Gasteiger partial charge in [-0.3, -0.25) is 0 Å². The predicted octanol–water partition coefficient (Wildman–Crippen LogP) is 5.14. The first-order valence-electron chi connectivity index (χ1n) is 5.05. The van der Waals surface area contributed by atoms with E-state index in [1.807, 2.05) is 0 Å². The van der Waals surface area contributed by atoms with Gasteiger partial charge in [-0.15, -0.1) is 11.3 Å². The molecule has 1 aliphatic rings. The Balaban J connectivity index is 2.24. The van der Waals surface area contributed by atoms with Crippen molar-refractivity contribution in [2.45, 2.75) is 12.8 Å². The van der Waals surface area contributed by atoms with E-state index < -0.39 is 11.7 Å². The monoisotopic (exact) mass is 369 g/mol. The van der Waals surface area contributed by atoms with E-state index >= 15 is 0 Å². The van der Waals surface area contributed by atoms with Crippen LogP contribution in [0.25, 0.3) is 10.4 Å². The molecule has 2 heterocycles. The van der Waals surface area contributed by atoms with Crippen molar-refractivity contribution in [3.8, 4) is 16.2 Å². The topological polar surface area (TPSA) is 22.1 Å². The van der Waals surface area contributed by atoms with Gasteiger partial charge in [0.05, 0.1) is 21.2 Å². The first-order chi connectivity index (χ1) is 8.86. The Bertz CT molecular complexity index is 671. The summed E-state index contributed by atoms with van der Waals surface area (Å²) in [6.07, 6.45) is -4.49. The molecule has 100 valence electrons. The van der Waals surface area contributed by atoms with Crippen LogP contribution >= 0.6 is 38.9 Å². The fourth-order valence-electron chi connectivity index (χ4n) is 1.85. The molecule has 1 aromatic heterocycles. The summed E-state index contributed by atoms with van der Waals surface area (Å²) in [6.45, 7) is 0.228. The number of hydrogen-bond acceptors (Lipinski definition) is 3. The van der Waals surface area contributed by atoms with Gasteiger partial charge in [-0.05, 0) is 22.0 Å². The average Bonchev–Trinajstić information content (AvgIpc) is 2.67. The van der Waals surface area contributed by atoms with Crippen LogP contribution in [0.3, 0.4) is 0 Å². The maximum atomic E-state index is 12.9. The van der Waals surface area contributed by atoms with Crippen LogP contribution in [0.15, 0.2) is 16.0 Å². The Hall–Kier alpha value is -0.790. The molecule has 1 aliphatic heterocycles. The van der Waals surface area contributed by atoms with Gasteiger partial charge in [-0.2, -0.15) is 13.2 Å². The third-order valence-electron chi connectivity index (χ3n) is 2.65. The highest BCUT2D eigenvalue weighted by Gasteiger charge is 2.35. The van der Waals surface area contributed by atoms with Gasteiger partial charge in [0.25, 0.3) is 0 Å². The number of fused-ring (bicyclic) bond motifs is 3. The Labute approximate surface area is 123 Å². The predicted molar refractivity (Wildman–Crippen MR) is 69.6 cm³/mol. The van der Waals surface area contributed by atoms with Crippen LogP contribution in [0, 0.1) is 0 Å². The lowest BCUT2D eigenvalue weighted by Crippen LogP contribution is -2.09. The van der Waals surface area contributed by atoms with Crippen molar-refractivity contribution in [2.75, 3.05) is 0 Å². The summed E-state index contributed by atoms with van der Waals surface area (Å²) in [5, 5.41) is -0.363. The highest BCUT2D eigenvalue weighted by Crippen LogP contribution is 2.47. The zero-order valence-electron chi connectivity index (χ0n) is 9.02. The maximum Gasteiger partial charge on any atom is 0.417 e. The minimum Gasteiger partial charge on any atom is -0.487 e. The second kappa shape index (κ2) is 4.36. The molecule has 19 heavy (non-hydrogen) atoms. The van der Waals surface area contributed by atoms with E-state index in [9.17, 15) is 13.2 Å². The van der Waals surface area contributed by atoms with Crippen LogP contribution in [0.1, 0.15) is 11.3 Å². The maximum absolute atomic E-state index is 12.9. The molecule has 0 fully saturated rings. The highest BCUT2D eigenvalue weighted by molar-refractivity contribution is 9.11. The first kappa shape index (κ1) is 13.2. The Morgan fingerprint density at radius 2 is 2.11 bits per heavy atom. The number of hydrogen-bond donors (Lipinski definition) is 0. The molecule has 3 rings (SSSR count). The number of rotatable bonds is 0. The van der Waals surface area contributed by atoms with E-state index in [0.29, 0.717) is 25.8 Å². The molecular formula is C11H4BrClF3NOS. The second-order valence-corrected chi connectivity index (χ2v) is 6.54. The summed E-state index contributed by atoms with van der Waals surface area (Å²) in [7, 11) is 0. The van der Waals surface area contributed by atoms with Crippen LogP contribution in [0.5, 0.6) is 5.75 Å². The summed E-state index contributed by atoms with van der Waals surface area (Å²) < 4.78 is 44.6. The van der Waals surface area contributed by atoms with E-state index in [1.54, 1.807) is 0 Å². The zero-order valence-corrected chi connectivity index (χ0v) is 12.2. The molecule has 0 atom stereocenters. The number of ether oxygens (including phenoxy) is 1. The summed E-state index contributed by atoms with van der Waals surface area (Å²) in [5.74, 6) is 0.349. The van der Waals surface area contributed by atoms with Crippen molar-refractivity contribution in [3.63, 3.8) is 0 Å². The van der Waals surface area contributed by atoms with E-state index in [1.165, 1.54) is 17.4 Å². The van der Waals surface area contributed by atoms with Gasteiger partial charge < -0.3 is 4.74 Å². The van der Waals surface area contributed by atoms with Crippen molar-refractivity contribution < 1.29 is 17.9 Å². The van der Waals surface area contributed by atoms with Gasteiger partial charge in [-0.1, -0.05) is 11.6 Å². The molecule has 0 N–H and O–H groups in total. The molecule has 0 saturated carbocycles. The quantitative estimate of drug-likeness (QED) is 0.641. The largest absolute Gasteiger partial charge is 0.487 e. The number of benzene rings is 1. The third kappa shape index (κ3) is 2.23. The van der Waals surface area contributed by atoms with E-state index in [0.717, 1.165) is 6.07 Å². The molecular weight excluding hydrogens is 367 g/mol. The van der Waals surface area contributed by atoms with Crippen LogP contribution in [0.4, 0.5) is 13.2 Å². The van der Waals surface area contributed by atoms with Crippen molar-refractivity contribution >= 4 is 38.9 Å². The summed E-state index contributed by atoms with van der Waals surface area (Å²) in [4.78, 5) is 4.84. The van der Waals surface area contributed by atoms with Crippen molar-refractivity contribution in [2.24, 2.45) is 0 Å². The molecule has 0 unspecified atom stereocenters. The second-order valence-electron chi connectivity index (χ2n) is 3.86. The van der Waals surface area contributed by atoms with Crippen molar-refractivity contribution in [1.29, 1.82) is 0 Å². The summed E-state index contributed by atoms with van der Waals surface area (Å²) in [5.41, 5.74) is 0.134. The lowest BCUT2D eigenvalue weighted by atomic mass is 10.0. The highest BCUT2D eigenvalue weighted by atomic mass is 79.9. The molecule has 1 aromatic carbocycles. The number of alkyl halides is 3. The molecule has 0 saturated heterocycles. The number of thiazole rings is 1. The van der Waals surface area contributed by atoms with E-state index in [2.05, 4.69) is 20.9 Å². The van der Waals surface area contributed by atoms with Gasteiger partial charge >= 0.3 is 6.18 Å². The van der Waals surface area contributed by atoms with Crippen LogP contribution in [-0.4, -0.2) is 4.98 Å². The van der Waals surface area contributed by atoms with Crippen molar-refractivity contribution in [1.82, 2.24) is 4.98 Å². The third-order valence-corrected chi connectivity index (χ3v) is 4.55. The molecule has 0 amide bonds. The van der Waals surface area contributed by atoms with Gasteiger partial charge in [0, 0.05) is 11.6 Å². The molecule has 2 nitrogen and oxygen atoms in total. The molecule has 2 aromatic rings. The lowest BCUT2D eigenvalue weighted by Gasteiger charge is -2.19. The Morgan fingerprint density at radius 3 is 2.79 bits per heavy atom. The Morgan fingerprint density at radius 1 is 1.37 bits per heavy atom. The smallest absolute Gasteiger partial charge is 0.417 e. The van der Waals surface area contributed by atoms with Gasteiger partial charge in [-0.25, -0.2) is 4.98 Å². The summed E-state index contributed by atoms with van der Waals surface area (Å²) >= 11 is 10.2. The molecule has 0 bridgehead atoms. The first-order valence-corrected chi connectivity index (χ1v) is 7.04. The normalized spacial score (nSPS) is 13.7. The zero-order chi connectivity index (χ0) is 13.8. The fourth-order valence-corrected chi connectivity index (χ4v) is 3.62. The molecule has 0 aliphatic carbocycles. The minimum absolute atomic E-state index is 0.228. The van der Waals surface area contributed by atoms with Crippen LogP contribution in [-0.2, 0) is 12.8 Å². The van der Waals surface area contributed by atoms with Crippen LogP contribution in [0.2, 0.25) is 5.02 Å². The molecule has 8 heteroatoms. The lowest BCUT2D eigenvalue weighted by molar-refractivity contribution is -0.137. The van der Waals surface area contributed by atoms with Gasteiger partial charge in [0.15, 0.2) is 3.92 Å². The Kier molecular flexibility index (Phi) is 3.03. The minimum atomic E-state index is -4.49.